The van der Waals surface area contributed by atoms with Gasteiger partial charge in [-0.05, 0) is 33.6 Å². The molecule has 0 aromatic rings. The van der Waals surface area contributed by atoms with Crippen LogP contribution in [0.5, 0.6) is 0 Å². The smallest absolute Gasteiger partial charge is 0.329 e. The molecule has 104 valence electrons. The molecule has 1 fully saturated rings. The number of carbonyl (C=O) groups is 2. The van der Waals surface area contributed by atoms with Crippen molar-refractivity contribution < 1.29 is 19.8 Å². The molecule has 0 radical (unpaired) electrons. The summed E-state index contributed by atoms with van der Waals surface area (Å²) in [6.07, 6.45) is 1.17. The molecule has 1 unspecified atom stereocenters. The second-order valence-corrected chi connectivity index (χ2v) is 5.13. The summed E-state index contributed by atoms with van der Waals surface area (Å²) >= 11 is 0. The van der Waals surface area contributed by atoms with Crippen LogP contribution in [-0.2, 0) is 4.79 Å². The van der Waals surface area contributed by atoms with E-state index in [-0.39, 0.29) is 25.2 Å². The Hall–Kier alpha value is -1.30. The minimum absolute atomic E-state index is 0.0664. The lowest BCUT2D eigenvalue weighted by atomic mass is 9.99. The number of aliphatic carboxylic acids is 1. The van der Waals surface area contributed by atoms with Crippen molar-refractivity contribution in [2.45, 2.75) is 45.2 Å². The Bertz CT molecular complexity index is 332. The average Bonchev–Trinajstić information content (AvgIpc) is 2.68. The van der Waals surface area contributed by atoms with Crippen molar-refractivity contribution in [3.63, 3.8) is 0 Å². The molecule has 6 nitrogen and oxygen atoms in total. The van der Waals surface area contributed by atoms with E-state index in [0.717, 1.165) is 0 Å². The Morgan fingerprint density at radius 2 is 2.06 bits per heavy atom. The molecule has 1 atom stereocenters. The summed E-state index contributed by atoms with van der Waals surface area (Å²) in [5.41, 5.74) is -1.13. The molecule has 2 N–H and O–H groups in total. The molecule has 2 amide bonds. The highest BCUT2D eigenvalue weighted by Gasteiger charge is 2.47. The third kappa shape index (κ3) is 2.58. The lowest BCUT2D eigenvalue weighted by Crippen LogP contribution is -2.56. The van der Waals surface area contributed by atoms with E-state index in [1.165, 1.54) is 9.80 Å². The maximum absolute atomic E-state index is 12.4. The number of carbonyl (C=O) groups excluding carboxylic acids is 1. The number of hydrogen-bond donors (Lipinski definition) is 2. The molecule has 1 saturated heterocycles. The molecule has 1 rings (SSSR count). The van der Waals surface area contributed by atoms with Crippen molar-refractivity contribution in [2.24, 2.45) is 0 Å². The van der Waals surface area contributed by atoms with Crippen LogP contribution in [0.25, 0.3) is 0 Å². The second-order valence-electron chi connectivity index (χ2n) is 5.13. The van der Waals surface area contributed by atoms with Gasteiger partial charge in [-0.25, -0.2) is 9.59 Å². The van der Waals surface area contributed by atoms with Crippen LogP contribution in [-0.4, -0.2) is 63.3 Å². The van der Waals surface area contributed by atoms with Gasteiger partial charge in [0.05, 0.1) is 6.61 Å². The fraction of sp³-hybridized carbons (Fsp3) is 0.833. The third-order valence-corrected chi connectivity index (χ3v) is 3.54. The summed E-state index contributed by atoms with van der Waals surface area (Å²) in [6.45, 7) is 5.84. The molecular weight excluding hydrogens is 236 g/mol. The van der Waals surface area contributed by atoms with Crippen LogP contribution < -0.4 is 0 Å². The Labute approximate surface area is 107 Å². The minimum Gasteiger partial charge on any atom is -0.480 e. The number of aliphatic hydroxyl groups is 1. The summed E-state index contributed by atoms with van der Waals surface area (Å²) in [4.78, 5) is 26.6. The van der Waals surface area contributed by atoms with Gasteiger partial charge in [0.25, 0.3) is 0 Å². The maximum atomic E-state index is 12.4. The number of likely N-dealkylation sites (tertiary alicyclic amines) is 1. The number of carboxylic acid groups (broad SMARTS) is 1. The normalized spacial score (nSPS) is 23.5. The van der Waals surface area contributed by atoms with Gasteiger partial charge in [-0.3, -0.25) is 0 Å². The van der Waals surface area contributed by atoms with Crippen molar-refractivity contribution in [3.8, 4) is 0 Å². The topological polar surface area (TPSA) is 81.1 Å². The number of hydrogen-bond acceptors (Lipinski definition) is 3. The molecule has 0 aliphatic carbocycles. The lowest BCUT2D eigenvalue weighted by Gasteiger charge is -2.37. The van der Waals surface area contributed by atoms with Gasteiger partial charge >= 0.3 is 12.0 Å². The van der Waals surface area contributed by atoms with E-state index in [2.05, 4.69) is 0 Å². The summed E-state index contributed by atoms with van der Waals surface area (Å²) < 4.78 is 0. The first-order valence-electron chi connectivity index (χ1n) is 6.27. The molecule has 0 spiro atoms. The van der Waals surface area contributed by atoms with Gasteiger partial charge in [0.1, 0.15) is 5.54 Å². The molecule has 1 aliphatic rings. The Morgan fingerprint density at radius 1 is 1.44 bits per heavy atom. The number of carboxylic acids is 1. The van der Waals surface area contributed by atoms with Crippen molar-refractivity contribution in [1.29, 1.82) is 0 Å². The van der Waals surface area contributed by atoms with E-state index in [1.807, 2.05) is 13.8 Å². The van der Waals surface area contributed by atoms with Gasteiger partial charge in [0.15, 0.2) is 0 Å². The fourth-order valence-corrected chi connectivity index (χ4v) is 2.33. The van der Waals surface area contributed by atoms with Crippen LogP contribution >= 0.6 is 0 Å². The van der Waals surface area contributed by atoms with Gasteiger partial charge < -0.3 is 20.0 Å². The number of aliphatic hydroxyl groups excluding tert-OH is 1. The molecular formula is C12H22N2O4. The molecule has 0 aromatic heterocycles. The second kappa shape index (κ2) is 5.56. The van der Waals surface area contributed by atoms with E-state index < -0.39 is 11.5 Å². The van der Waals surface area contributed by atoms with Crippen LogP contribution in [0, 0.1) is 0 Å². The van der Waals surface area contributed by atoms with Gasteiger partial charge in [0, 0.05) is 19.1 Å². The van der Waals surface area contributed by atoms with Crippen LogP contribution in [0.15, 0.2) is 0 Å². The Morgan fingerprint density at radius 3 is 2.50 bits per heavy atom. The standard InChI is InChI=1S/C12H22N2O4/c1-9(2)13(7-8-15)11(18)14-6-4-5-12(14,3)10(16)17/h9,15H,4-8H2,1-3H3,(H,16,17). The zero-order valence-corrected chi connectivity index (χ0v) is 11.2. The summed E-state index contributed by atoms with van der Waals surface area (Å²) in [6, 6.07) is -0.371. The fourth-order valence-electron chi connectivity index (χ4n) is 2.33. The molecule has 6 heteroatoms. The zero-order chi connectivity index (χ0) is 13.9. The van der Waals surface area contributed by atoms with Gasteiger partial charge in [-0.2, -0.15) is 0 Å². The zero-order valence-electron chi connectivity index (χ0n) is 11.2. The summed E-state index contributed by atoms with van der Waals surface area (Å²) in [5, 5.41) is 18.3. The Balaban J connectivity index is 2.91. The number of amides is 2. The van der Waals surface area contributed by atoms with Gasteiger partial charge in [-0.15, -0.1) is 0 Å². The average molecular weight is 258 g/mol. The highest BCUT2D eigenvalue weighted by Crippen LogP contribution is 2.30. The minimum atomic E-state index is -1.13. The van der Waals surface area contributed by atoms with Crippen LogP contribution in [0.4, 0.5) is 4.79 Å². The van der Waals surface area contributed by atoms with Crippen molar-refractivity contribution in [1.82, 2.24) is 9.80 Å². The molecule has 0 aromatic carbocycles. The third-order valence-electron chi connectivity index (χ3n) is 3.54. The maximum Gasteiger partial charge on any atom is 0.329 e. The summed E-state index contributed by atoms with van der Waals surface area (Å²) in [7, 11) is 0. The first kappa shape index (κ1) is 14.8. The predicted molar refractivity (Wildman–Crippen MR) is 66.3 cm³/mol. The monoisotopic (exact) mass is 258 g/mol. The van der Waals surface area contributed by atoms with Crippen LogP contribution in [0.3, 0.4) is 0 Å². The first-order valence-corrected chi connectivity index (χ1v) is 6.27. The molecule has 18 heavy (non-hydrogen) atoms. The van der Waals surface area contributed by atoms with Crippen molar-refractivity contribution in [2.75, 3.05) is 19.7 Å². The van der Waals surface area contributed by atoms with E-state index in [0.29, 0.717) is 19.4 Å². The van der Waals surface area contributed by atoms with Crippen molar-refractivity contribution in [3.05, 3.63) is 0 Å². The number of urea groups is 1. The van der Waals surface area contributed by atoms with Crippen LogP contribution in [0.2, 0.25) is 0 Å². The predicted octanol–water partition coefficient (Wildman–Crippen LogP) is 0.748. The Kier molecular flexibility index (Phi) is 4.56. The molecule has 1 aliphatic heterocycles. The number of nitrogens with zero attached hydrogens (tertiary/aromatic N) is 2. The first-order chi connectivity index (χ1) is 8.34. The quantitative estimate of drug-likeness (QED) is 0.779. The van der Waals surface area contributed by atoms with Gasteiger partial charge in [0.2, 0.25) is 0 Å². The van der Waals surface area contributed by atoms with E-state index in [1.54, 1.807) is 6.92 Å². The van der Waals surface area contributed by atoms with Crippen molar-refractivity contribution >= 4 is 12.0 Å². The molecule has 1 heterocycles. The highest BCUT2D eigenvalue weighted by atomic mass is 16.4. The molecule has 0 bridgehead atoms. The van der Waals surface area contributed by atoms with E-state index in [4.69, 9.17) is 5.11 Å². The highest BCUT2D eigenvalue weighted by molar-refractivity contribution is 5.86. The SMILES string of the molecule is CC(C)N(CCO)C(=O)N1CCCC1(C)C(=O)O. The number of rotatable bonds is 4. The molecule has 0 saturated carbocycles. The van der Waals surface area contributed by atoms with E-state index in [9.17, 15) is 14.7 Å². The van der Waals surface area contributed by atoms with Crippen LogP contribution in [0.1, 0.15) is 33.6 Å². The lowest BCUT2D eigenvalue weighted by molar-refractivity contribution is -0.147. The summed E-state index contributed by atoms with van der Waals surface area (Å²) in [5.74, 6) is -0.971. The van der Waals surface area contributed by atoms with E-state index >= 15 is 0 Å². The largest absolute Gasteiger partial charge is 0.480 e. The van der Waals surface area contributed by atoms with Gasteiger partial charge in [-0.1, -0.05) is 0 Å².